The van der Waals surface area contributed by atoms with Crippen LogP contribution >= 0.6 is 0 Å². The van der Waals surface area contributed by atoms with Gasteiger partial charge in [-0.25, -0.2) is 9.97 Å². The molecule has 1 aliphatic heterocycles. The number of aromatic nitrogens is 4. The van der Waals surface area contributed by atoms with Crippen LogP contribution in [0.5, 0.6) is 0 Å². The number of hydrogen-bond donors (Lipinski definition) is 1. The first kappa shape index (κ1) is 19.2. The molecule has 8 heteroatoms. The number of nitriles is 1. The van der Waals surface area contributed by atoms with Crippen LogP contribution in [0.2, 0.25) is 0 Å². The fraction of sp³-hybridized carbons (Fsp3) is 0.348. The number of likely N-dealkylation sites (tertiary alicyclic amines) is 1. The van der Waals surface area contributed by atoms with Crippen molar-refractivity contribution in [3.63, 3.8) is 0 Å². The van der Waals surface area contributed by atoms with Gasteiger partial charge in [-0.05, 0) is 24.5 Å². The second-order valence-corrected chi connectivity index (χ2v) is 8.45. The van der Waals surface area contributed by atoms with Gasteiger partial charge in [-0.1, -0.05) is 24.3 Å². The zero-order valence-electron chi connectivity index (χ0n) is 17.3. The summed E-state index contributed by atoms with van der Waals surface area (Å²) in [7, 11) is 1.85. The number of rotatable bonds is 6. The summed E-state index contributed by atoms with van der Waals surface area (Å²) in [5.74, 6) is 0.971. The average molecular weight is 413 g/mol. The van der Waals surface area contributed by atoms with Gasteiger partial charge in [0.05, 0.1) is 23.6 Å². The Bertz CT molecular complexity index is 1150. The van der Waals surface area contributed by atoms with Crippen molar-refractivity contribution in [1.82, 2.24) is 24.6 Å². The fourth-order valence-corrected chi connectivity index (χ4v) is 4.17. The number of carbonyl (C=O) groups is 1. The van der Waals surface area contributed by atoms with E-state index in [-0.39, 0.29) is 17.2 Å². The van der Waals surface area contributed by atoms with Crippen LogP contribution in [-0.2, 0) is 17.3 Å². The molecule has 1 saturated carbocycles. The molecular weight excluding hydrogens is 390 g/mol. The maximum absolute atomic E-state index is 12.3. The predicted molar refractivity (Wildman–Crippen MR) is 115 cm³/mol. The first-order valence-corrected chi connectivity index (χ1v) is 10.4. The Morgan fingerprint density at radius 1 is 1.26 bits per heavy atom. The Labute approximate surface area is 180 Å². The lowest BCUT2D eigenvalue weighted by Gasteiger charge is -2.49. The van der Waals surface area contributed by atoms with Gasteiger partial charge in [0, 0.05) is 55.8 Å². The summed E-state index contributed by atoms with van der Waals surface area (Å²) in [6, 6.07) is 12.3. The smallest absolute Gasteiger partial charge is 0.227 e. The lowest BCUT2D eigenvalue weighted by atomic mass is 9.71. The summed E-state index contributed by atoms with van der Waals surface area (Å²) in [4.78, 5) is 23.1. The second kappa shape index (κ2) is 7.51. The van der Waals surface area contributed by atoms with Crippen molar-refractivity contribution in [2.24, 2.45) is 13.0 Å². The molecule has 2 fully saturated rings. The van der Waals surface area contributed by atoms with Crippen LogP contribution in [0.1, 0.15) is 24.8 Å². The minimum absolute atomic E-state index is 0.217. The van der Waals surface area contributed by atoms with Crippen molar-refractivity contribution in [2.75, 3.05) is 18.4 Å². The number of carbonyl (C=O) groups excluding carboxylic acids is 1. The van der Waals surface area contributed by atoms with E-state index in [0.717, 1.165) is 35.3 Å². The third-order valence-corrected chi connectivity index (χ3v) is 6.05. The molecule has 0 bridgehead atoms. The molecule has 2 aromatic heterocycles. The zero-order valence-corrected chi connectivity index (χ0v) is 17.3. The van der Waals surface area contributed by atoms with Gasteiger partial charge in [0.2, 0.25) is 11.9 Å². The van der Waals surface area contributed by atoms with Crippen molar-refractivity contribution in [3.05, 3.63) is 54.5 Å². The molecule has 156 valence electrons. The standard InChI is InChI=1S/C23H23N7O/c1-29-13-19(12-26-29)27-22-25-11-8-20(28-22)16-4-6-18(7-5-16)23(9-10-24)14-30(15-23)21(31)17-2-3-17/h4-8,11-13,17H,2-3,9,14-15H2,1H3,(H,25,27,28). The molecule has 1 amide bonds. The van der Waals surface area contributed by atoms with Gasteiger partial charge >= 0.3 is 0 Å². The number of nitrogens with zero attached hydrogens (tertiary/aromatic N) is 6. The topological polar surface area (TPSA) is 99.7 Å². The van der Waals surface area contributed by atoms with E-state index in [9.17, 15) is 10.1 Å². The molecule has 1 aromatic carbocycles. The SMILES string of the molecule is Cn1cc(Nc2nccc(-c3ccc(C4(CC#N)CN(C(=O)C5CC5)C4)cc3)n2)cn1. The fourth-order valence-electron chi connectivity index (χ4n) is 4.17. The van der Waals surface area contributed by atoms with Gasteiger partial charge < -0.3 is 10.2 Å². The predicted octanol–water partition coefficient (Wildman–Crippen LogP) is 3.02. The second-order valence-electron chi connectivity index (χ2n) is 8.45. The number of hydrogen-bond acceptors (Lipinski definition) is 6. The molecule has 0 spiro atoms. The van der Waals surface area contributed by atoms with E-state index in [1.54, 1.807) is 17.1 Å². The molecular formula is C23H23N7O. The Morgan fingerprint density at radius 2 is 2.03 bits per heavy atom. The molecule has 3 heterocycles. The van der Waals surface area contributed by atoms with Gasteiger partial charge in [0.25, 0.3) is 0 Å². The molecule has 1 aliphatic carbocycles. The molecule has 5 rings (SSSR count). The number of anilines is 2. The minimum Gasteiger partial charge on any atom is -0.340 e. The van der Waals surface area contributed by atoms with Gasteiger partial charge in [-0.15, -0.1) is 0 Å². The van der Waals surface area contributed by atoms with Gasteiger partial charge in [0.1, 0.15) is 0 Å². The van der Waals surface area contributed by atoms with Crippen LogP contribution in [0.3, 0.4) is 0 Å². The molecule has 0 unspecified atom stereocenters. The first-order valence-electron chi connectivity index (χ1n) is 10.4. The Hall–Kier alpha value is -3.73. The molecule has 0 radical (unpaired) electrons. The average Bonchev–Trinajstić information content (AvgIpc) is 3.53. The lowest BCUT2D eigenvalue weighted by molar-refractivity contribution is -0.140. The van der Waals surface area contributed by atoms with Crippen molar-refractivity contribution >= 4 is 17.5 Å². The highest BCUT2D eigenvalue weighted by Crippen LogP contribution is 2.41. The minimum atomic E-state index is -0.267. The third kappa shape index (κ3) is 3.75. The largest absolute Gasteiger partial charge is 0.340 e. The summed E-state index contributed by atoms with van der Waals surface area (Å²) in [6.07, 6.45) is 7.72. The van der Waals surface area contributed by atoms with Gasteiger partial charge in [0.15, 0.2) is 0 Å². The summed E-state index contributed by atoms with van der Waals surface area (Å²) in [5, 5.41) is 16.7. The highest BCUT2D eigenvalue weighted by Gasteiger charge is 2.49. The van der Waals surface area contributed by atoms with Crippen LogP contribution in [0.25, 0.3) is 11.3 Å². The van der Waals surface area contributed by atoms with E-state index in [0.29, 0.717) is 25.5 Å². The van der Waals surface area contributed by atoms with Crippen LogP contribution in [0, 0.1) is 17.2 Å². The molecule has 31 heavy (non-hydrogen) atoms. The van der Waals surface area contributed by atoms with Crippen molar-refractivity contribution in [2.45, 2.75) is 24.7 Å². The summed E-state index contributed by atoms with van der Waals surface area (Å²) >= 11 is 0. The Kier molecular flexibility index (Phi) is 4.66. The number of aryl methyl sites for hydroxylation is 1. The summed E-state index contributed by atoms with van der Waals surface area (Å²) < 4.78 is 1.71. The zero-order chi connectivity index (χ0) is 21.4. The molecule has 1 saturated heterocycles. The molecule has 0 atom stereocenters. The van der Waals surface area contributed by atoms with Crippen LogP contribution in [0.4, 0.5) is 11.6 Å². The van der Waals surface area contributed by atoms with Crippen LogP contribution < -0.4 is 5.32 Å². The maximum Gasteiger partial charge on any atom is 0.227 e. The molecule has 2 aliphatic rings. The maximum atomic E-state index is 12.3. The number of amides is 1. The quantitative estimate of drug-likeness (QED) is 0.667. The van der Waals surface area contributed by atoms with Gasteiger partial charge in [-0.3, -0.25) is 9.48 Å². The normalized spacial score (nSPS) is 17.0. The highest BCUT2D eigenvalue weighted by molar-refractivity contribution is 5.82. The van der Waals surface area contributed by atoms with E-state index < -0.39 is 0 Å². The van der Waals surface area contributed by atoms with Gasteiger partial charge in [-0.2, -0.15) is 10.4 Å². The monoisotopic (exact) mass is 413 g/mol. The van der Waals surface area contributed by atoms with E-state index in [2.05, 4.69) is 38.6 Å². The van der Waals surface area contributed by atoms with Crippen molar-refractivity contribution in [1.29, 1.82) is 5.26 Å². The van der Waals surface area contributed by atoms with E-state index in [1.807, 2.05) is 36.3 Å². The highest BCUT2D eigenvalue weighted by atomic mass is 16.2. The van der Waals surface area contributed by atoms with E-state index in [4.69, 9.17) is 0 Å². The Balaban J connectivity index is 1.33. The van der Waals surface area contributed by atoms with Crippen LogP contribution in [-0.4, -0.2) is 43.6 Å². The lowest BCUT2D eigenvalue weighted by Crippen LogP contribution is -2.61. The Morgan fingerprint density at radius 3 is 2.68 bits per heavy atom. The number of nitrogens with one attached hydrogen (secondary N) is 1. The van der Waals surface area contributed by atoms with Crippen molar-refractivity contribution < 1.29 is 4.79 Å². The number of benzene rings is 1. The van der Waals surface area contributed by atoms with E-state index in [1.165, 1.54) is 0 Å². The molecule has 1 N–H and O–H groups in total. The molecule has 3 aromatic rings. The first-order chi connectivity index (χ1) is 15.1. The van der Waals surface area contributed by atoms with Crippen LogP contribution in [0.15, 0.2) is 48.9 Å². The van der Waals surface area contributed by atoms with Crippen molar-refractivity contribution in [3.8, 4) is 17.3 Å². The molecule has 8 nitrogen and oxygen atoms in total. The third-order valence-electron chi connectivity index (χ3n) is 6.05. The summed E-state index contributed by atoms with van der Waals surface area (Å²) in [6.45, 7) is 1.25. The summed E-state index contributed by atoms with van der Waals surface area (Å²) in [5.41, 5.74) is 3.43. The van der Waals surface area contributed by atoms with E-state index >= 15 is 0 Å².